The van der Waals surface area contributed by atoms with E-state index in [1.165, 1.54) is 0 Å². The largest absolute Gasteiger partial charge is 0.338 e. The molecule has 0 unspecified atom stereocenters. The maximum atomic E-state index is 12.1. The van der Waals surface area contributed by atoms with E-state index in [9.17, 15) is 4.79 Å². The van der Waals surface area contributed by atoms with Gasteiger partial charge in [0.2, 0.25) is 5.91 Å². The Labute approximate surface area is 101 Å². The molecule has 1 aromatic heterocycles. The number of aromatic amines is 1. The Morgan fingerprint density at radius 2 is 2.41 bits per heavy atom. The minimum absolute atomic E-state index is 0.105. The third kappa shape index (κ3) is 3.03. The van der Waals surface area contributed by atoms with Gasteiger partial charge in [-0.25, -0.2) is 4.98 Å². The second kappa shape index (κ2) is 5.27. The number of carbonyl (C=O) groups is 1. The highest BCUT2D eigenvalue weighted by Crippen LogP contribution is 2.13. The summed E-state index contributed by atoms with van der Waals surface area (Å²) in [5, 5.41) is 10.1. The van der Waals surface area contributed by atoms with Crippen LogP contribution in [0.15, 0.2) is 0 Å². The summed E-state index contributed by atoms with van der Waals surface area (Å²) < 4.78 is 0. The van der Waals surface area contributed by atoms with Crippen molar-refractivity contribution in [2.45, 2.75) is 26.3 Å². The van der Waals surface area contributed by atoms with Gasteiger partial charge in [0.15, 0.2) is 5.82 Å². The molecule has 0 saturated carbocycles. The molecule has 6 nitrogen and oxygen atoms in total. The monoisotopic (exact) mass is 237 g/mol. The molecule has 1 aliphatic rings. The van der Waals surface area contributed by atoms with Gasteiger partial charge in [0.25, 0.3) is 0 Å². The first kappa shape index (κ1) is 12.0. The van der Waals surface area contributed by atoms with E-state index < -0.39 is 0 Å². The van der Waals surface area contributed by atoms with Gasteiger partial charge in [-0.3, -0.25) is 9.89 Å². The van der Waals surface area contributed by atoms with Crippen molar-refractivity contribution in [1.29, 1.82) is 0 Å². The van der Waals surface area contributed by atoms with Crippen LogP contribution in [-0.2, 0) is 11.3 Å². The standard InChI is InChI=1S/C11H19N5O/c1-8-13-10(15-14-8)7-16(2)11(17)9-4-3-5-12-6-9/h9,12H,3-7H2,1-2H3,(H,13,14,15)/t9-/m0/s1. The van der Waals surface area contributed by atoms with E-state index in [0.717, 1.165) is 31.8 Å². The second-order valence-corrected chi connectivity index (χ2v) is 4.57. The summed E-state index contributed by atoms with van der Waals surface area (Å²) in [4.78, 5) is 18.0. The van der Waals surface area contributed by atoms with Crippen LogP contribution in [0.2, 0.25) is 0 Å². The highest BCUT2D eigenvalue weighted by atomic mass is 16.2. The quantitative estimate of drug-likeness (QED) is 0.780. The number of nitrogens with zero attached hydrogens (tertiary/aromatic N) is 3. The molecule has 0 aliphatic carbocycles. The highest BCUT2D eigenvalue weighted by molar-refractivity contribution is 5.78. The summed E-state index contributed by atoms with van der Waals surface area (Å²) in [5.74, 6) is 1.73. The predicted octanol–water partition coefficient (Wildman–Crippen LogP) is 0.0711. The summed E-state index contributed by atoms with van der Waals surface area (Å²) >= 11 is 0. The number of H-pyrrole nitrogens is 1. The fourth-order valence-corrected chi connectivity index (χ4v) is 2.12. The van der Waals surface area contributed by atoms with E-state index in [4.69, 9.17) is 0 Å². The number of hydrogen-bond acceptors (Lipinski definition) is 4. The van der Waals surface area contributed by atoms with Crippen LogP contribution in [-0.4, -0.2) is 46.1 Å². The average Bonchev–Trinajstić information content (AvgIpc) is 2.75. The molecule has 0 aromatic carbocycles. The fourth-order valence-electron chi connectivity index (χ4n) is 2.12. The van der Waals surface area contributed by atoms with E-state index in [2.05, 4.69) is 20.5 Å². The minimum Gasteiger partial charge on any atom is -0.338 e. The van der Waals surface area contributed by atoms with Gasteiger partial charge in [0, 0.05) is 13.6 Å². The molecule has 1 atom stereocenters. The Morgan fingerprint density at radius 3 is 3.00 bits per heavy atom. The number of rotatable bonds is 3. The van der Waals surface area contributed by atoms with Gasteiger partial charge in [-0.2, -0.15) is 5.10 Å². The number of hydrogen-bond donors (Lipinski definition) is 2. The van der Waals surface area contributed by atoms with Gasteiger partial charge in [-0.15, -0.1) is 0 Å². The molecule has 1 aliphatic heterocycles. The second-order valence-electron chi connectivity index (χ2n) is 4.57. The number of amides is 1. The van der Waals surface area contributed by atoms with Gasteiger partial charge < -0.3 is 10.2 Å². The minimum atomic E-state index is 0.105. The van der Waals surface area contributed by atoms with Crippen LogP contribution in [0.25, 0.3) is 0 Å². The number of nitrogens with one attached hydrogen (secondary N) is 2. The summed E-state index contributed by atoms with van der Waals surface area (Å²) in [7, 11) is 1.81. The highest BCUT2D eigenvalue weighted by Gasteiger charge is 2.24. The Hall–Kier alpha value is -1.43. The van der Waals surface area contributed by atoms with Crippen molar-refractivity contribution in [2.24, 2.45) is 5.92 Å². The SMILES string of the molecule is Cc1nc(CN(C)C(=O)[C@H]2CCCNC2)n[nH]1. The zero-order chi connectivity index (χ0) is 12.3. The molecule has 1 saturated heterocycles. The average molecular weight is 237 g/mol. The van der Waals surface area contributed by atoms with Crippen LogP contribution in [0, 0.1) is 12.8 Å². The molecule has 0 bridgehead atoms. The van der Waals surface area contributed by atoms with Crippen LogP contribution in [0.5, 0.6) is 0 Å². The van der Waals surface area contributed by atoms with E-state index >= 15 is 0 Å². The normalized spacial score (nSPS) is 20.2. The van der Waals surface area contributed by atoms with E-state index in [0.29, 0.717) is 12.4 Å². The lowest BCUT2D eigenvalue weighted by Crippen LogP contribution is -2.41. The van der Waals surface area contributed by atoms with Crippen molar-refractivity contribution in [3.63, 3.8) is 0 Å². The van der Waals surface area contributed by atoms with Crippen molar-refractivity contribution in [3.8, 4) is 0 Å². The predicted molar refractivity (Wildman–Crippen MR) is 63.2 cm³/mol. The smallest absolute Gasteiger partial charge is 0.227 e. The molecule has 17 heavy (non-hydrogen) atoms. The third-order valence-electron chi connectivity index (χ3n) is 3.04. The molecule has 6 heteroatoms. The first-order valence-electron chi connectivity index (χ1n) is 6.00. The van der Waals surface area contributed by atoms with Gasteiger partial charge in [-0.1, -0.05) is 0 Å². The molecule has 1 amide bonds. The van der Waals surface area contributed by atoms with Crippen LogP contribution < -0.4 is 5.32 Å². The van der Waals surface area contributed by atoms with Crippen molar-refractivity contribution in [3.05, 3.63) is 11.6 Å². The Balaban J connectivity index is 1.90. The van der Waals surface area contributed by atoms with Gasteiger partial charge in [0.05, 0.1) is 12.5 Å². The molecule has 1 aromatic rings. The summed E-state index contributed by atoms with van der Waals surface area (Å²) in [6.07, 6.45) is 2.05. The zero-order valence-electron chi connectivity index (χ0n) is 10.4. The van der Waals surface area contributed by atoms with Gasteiger partial charge in [-0.05, 0) is 26.3 Å². The van der Waals surface area contributed by atoms with E-state index in [1.807, 2.05) is 14.0 Å². The van der Waals surface area contributed by atoms with Crippen molar-refractivity contribution >= 4 is 5.91 Å². The number of aryl methyl sites for hydroxylation is 1. The lowest BCUT2D eigenvalue weighted by atomic mass is 9.98. The third-order valence-corrected chi connectivity index (χ3v) is 3.04. The molecular formula is C11H19N5O. The van der Waals surface area contributed by atoms with Crippen molar-refractivity contribution < 1.29 is 4.79 Å². The summed E-state index contributed by atoms with van der Waals surface area (Å²) in [6.45, 7) is 4.13. The lowest BCUT2D eigenvalue weighted by Gasteiger charge is -2.26. The fraction of sp³-hybridized carbons (Fsp3) is 0.727. The number of piperidine rings is 1. The molecule has 0 spiro atoms. The zero-order valence-corrected chi connectivity index (χ0v) is 10.4. The van der Waals surface area contributed by atoms with Crippen molar-refractivity contribution in [1.82, 2.24) is 25.4 Å². The topological polar surface area (TPSA) is 73.9 Å². The Morgan fingerprint density at radius 1 is 1.59 bits per heavy atom. The summed E-state index contributed by atoms with van der Waals surface area (Å²) in [6, 6.07) is 0. The molecule has 2 rings (SSSR count). The van der Waals surface area contributed by atoms with Crippen LogP contribution >= 0.6 is 0 Å². The van der Waals surface area contributed by atoms with Crippen LogP contribution in [0.3, 0.4) is 0 Å². The molecular weight excluding hydrogens is 218 g/mol. The lowest BCUT2D eigenvalue weighted by molar-refractivity contribution is -0.135. The molecule has 1 fully saturated rings. The maximum Gasteiger partial charge on any atom is 0.227 e. The molecule has 0 radical (unpaired) electrons. The molecule has 2 N–H and O–H groups in total. The Bertz CT molecular complexity index is 383. The maximum absolute atomic E-state index is 12.1. The first-order chi connectivity index (χ1) is 8.16. The van der Waals surface area contributed by atoms with E-state index in [-0.39, 0.29) is 11.8 Å². The first-order valence-corrected chi connectivity index (χ1v) is 6.00. The molecule has 94 valence electrons. The van der Waals surface area contributed by atoms with Gasteiger partial charge in [0.1, 0.15) is 5.82 Å². The van der Waals surface area contributed by atoms with Gasteiger partial charge >= 0.3 is 0 Å². The Kier molecular flexibility index (Phi) is 3.73. The van der Waals surface area contributed by atoms with E-state index in [1.54, 1.807) is 4.90 Å². The van der Waals surface area contributed by atoms with Crippen molar-refractivity contribution in [2.75, 3.05) is 20.1 Å². The summed E-state index contributed by atoms with van der Waals surface area (Å²) in [5.41, 5.74) is 0. The number of carbonyl (C=O) groups excluding carboxylic acids is 1. The number of aromatic nitrogens is 3. The van der Waals surface area contributed by atoms with Crippen LogP contribution in [0.4, 0.5) is 0 Å². The molecule has 2 heterocycles. The van der Waals surface area contributed by atoms with Crippen LogP contribution in [0.1, 0.15) is 24.5 Å².